The highest BCUT2D eigenvalue weighted by Gasteiger charge is 2.24. The van der Waals surface area contributed by atoms with E-state index in [1.165, 1.54) is 0 Å². The van der Waals surface area contributed by atoms with Gasteiger partial charge in [-0.05, 0) is 41.3 Å². The van der Waals surface area contributed by atoms with Crippen LogP contribution in [0.25, 0.3) is 0 Å². The Bertz CT molecular complexity index is 775. The molecular weight excluding hydrogens is 364 g/mol. The van der Waals surface area contributed by atoms with Gasteiger partial charge in [0.05, 0.1) is 6.61 Å². The van der Waals surface area contributed by atoms with Gasteiger partial charge in [0, 0.05) is 24.2 Å². The Balaban J connectivity index is 2.02. The van der Waals surface area contributed by atoms with Crippen LogP contribution in [-0.4, -0.2) is 25.0 Å². The fraction of sp³-hybridized carbons (Fsp3) is 0.333. The quantitative estimate of drug-likeness (QED) is 0.726. The minimum absolute atomic E-state index is 0.0598. The van der Waals surface area contributed by atoms with Gasteiger partial charge in [-0.2, -0.15) is 0 Å². The summed E-state index contributed by atoms with van der Waals surface area (Å²) in [5.74, 6) is -0.588. The van der Waals surface area contributed by atoms with Gasteiger partial charge in [-0.3, -0.25) is 9.59 Å². The Morgan fingerprint density at radius 2 is 1.67 bits per heavy atom. The monoisotopic (exact) mass is 388 g/mol. The van der Waals surface area contributed by atoms with E-state index in [0.29, 0.717) is 23.7 Å². The molecule has 2 rings (SSSR count). The number of carbonyl (C=O) groups excluding carboxylic acids is 2. The number of hydrogen-bond acceptors (Lipinski definition) is 3. The van der Waals surface area contributed by atoms with Crippen LogP contribution in [0.2, 0.25) is 5.02 Å². The normalized spacial score (nSPS) is 11.9. The Labute approximate surface area is 165 Å². The number of hydrogen-bond donors (Lipinski definition) is 2. The molecule has 0 aliphatic carbocycles. The number of ether oxygens (including phenoxy) is 1. The highest BCUT2D eigenvalue weighted by Crippen LogP contribution is 2.12. The van der Waals surface area contributed by atoms with E-state index in [-0.39, 0.29) is 17.7 Å². The number of nitrogens with one attached hydrogen (secondary N) is 2. The summed E-state index contributed by atoms with van der Waals surface area (Å²) >= 11 is 5.85. The first kappa shape index (κ1) is 20.9. The van der Waals surface area contributed by atoms with Crippen LogP contribution in [0.5, 0.6) is 0 Å². The third-order valence-corrected chi connectivity index (χ3v) is 4.47. The average Bonchev–Trinajstić information content (AvgIpc) is 2.65. The predicted molar refractivity (Wildman–Crippen MR) is 107 cm³/mol. The van der Waals surface area contributed by atoms with Crippen LogP contribution in [-0.2, 0) is 22.7 Å². The lowest BCUT2D eigenvalue weighted by molar-refractivity contribution is -0.124. The van der Waals surface area contributed by atoms with Crippen molar-refractivity contribution < 1.29 is 14.3 Å². The highest BCUT2D eigenvalue weighted by atomic mass is 35.5. The zero-order chi connectivity index (χ0) is 19.8. The first-order valence-electron chi connectivity index (χ1n) is 8.82. The molecule has 27 heavy (non-hydrogen) atoms. The molecule has 0 saturated carbocycles. The zero-order valence-corrected chi connectivity index (χ0v) is 16.5. The summed E-state index contributed by atoms with van der Waals surface area (Å²) in [6.07, 6.45) is 0. The zero-order valence-electron chi connectivity index (χ0n) is 15.8. The lowest BCUT2D eigenvalue weighted by Crippen LogP contribution is -2.49. The van der Waals surface area contributed by atoms with Crippen LogP contribution in [0, 0.1) is 5.92 Å². The number of rotatable bonds is 8. The van der Waals surface area contributed by atoms with Crippen LogP contribution in [0.3, 0.4) is 0 Å². The molecule has 0 spiro atoms. The van der Waals surface area contributed by atoms with Gasteiger partial charge in [0.15, 0.2) is 0 Å². The standard InChI is InChI=1S/C21H25ClN2O3/c1-14(2)19(24-20(25)15-8-10-18(22)11-9-15)21(26)23-12-16-6-4-5-7-17(16)13-27-3/h4-11,14,19H,12-13H2,1-3H3,(H,23,26)(H,24,25). The van der Waals surface area contributed by atoms with Crippen LogP contribution in [0.4, 0.5) is 0 Å². The second-order valence-electron chi connectivity index (χ2n) is 6.62. The van der Waals surface area contributed by atoms with E-state index in [2.05, 4.69) is 10.6 Å². The predicted octanol–water partition coefficient (Wildman–Crippen LogP) is 3.56. The van der Waals surface area contributed by atoms with Crippen molar-refractivity contribution in [2.75, 3.05) is 7.11 Å². The lowest BCUT2D eigenvalue weighted by Gasteiger charge is -2.22. The maximum Gasteiger partial charge on any atom is 0.251 e. The Hall–Kier alpha value is -2.37. The molecule has 2 N–H and O–H groups in total. The molecule has 5 nitrogen and oxygen atoms in total. The fourth-order valence-electron chi connectivity index (χ4n) is 2.68. The van der Waals surface area contributed by atoms with Gasteiger partial charge in [-0.25, -0.2) is 0 Å². The number of methoxy groups -OCH3 is 1. The van der Waals surface area contributed by atoms with E-state index in [1.807, 2.05) is 38.1 Å². The van der Waals surface area contributed by atoms with Gasteiger partial charge >= 0.3 is 0 Å². The van der Waals surface area contributed by atoms with Gasteiger partial charge in [-0.15, -0.1) is 0 Å². The Morgan fingerprint density at radius 3 is 2.26 bits per heavy atom. The summed E-state index contributed by atoms with van der Waals surface area (Å²) in [4.78, 5) is 25.1. The topological polar surface area (TPSA) is 67.4 Å². The van der Waals surface area contributed by atoms with Crippen LogP contribution in [0.15, 0.2) is 48.5 Å². The van der Waals surface area contributed by atoms with Gasteiger partial charge < -0.3 is 15.4 Å². The molecule has 1 atom stereocenters. The minimum Gasteiger partial charge on any atom is -0.380 e. The second-order valence-corrected chi connectivity index (χ2v) is 7.06. The number of halogens is 1. The largest absolute Gasteiger partial charge is 0.380 e. The van der Waals surface area contributed by atoms with Crippen molar-refractivity contribution in [1.82, 2.24) is 10.6 Å². The Kier molecular flexibility index (Phi) is 7.82. The molecule has 0 aliphatic rings. The number of benzene rings is 2. The van der Waals surface area contributed by atoms with E-state index in [4.69, 9.17) is 16.3 Å². The van der Waals surface area contributed by atoms with Gasteiger partial charge in [0.2, 0.25) is 5.91 Å². The molecule has 0 saturated heterocycles. The minimum atomic E-state index is -0.636. The lowest BCUT2D eigenvalue weighted by atomic mass is 10.0. The van der Waals surface area contributed by atoms with Crippen molar-refractivity contribution >= 4 is 23.4 Å². The van der Waals surface area contributed by atoms with Crippen LogP contribution in [0.1, 0.15) is 35.3 Å². The molecule has 1 unspecified atom stereocenters. The molecule has 6 heteroatoms. The van der Waals surface area contributed by atoms with E-state index >= 15 is 0 Å². The van der Waals surface area contributed by atoms with Crippen LogP contribution >= 0.6 is 11.6 Å². The summed E-state index contributed by atoms with van der Waals surface area (Å²) in [5.41, 5.74) is 2.47. The van der Waals surface area contributed by atoms with Crippen molar-refractivity contribution in [1.29, 1.82) is 0 Å². The van der Waals surface area contributed by atoms with Crippen molar-refractivity contribution in [2.45, 2.75) is 33.0 Å². The highest BCUT2D eigenvalue weighted by molar-refractivity contribution is 6.30. The molecule has 0 aliphatic heterocycles. The molecule has 0 fully saturated rings. The molecule has 144 valence electrons. The molecule has 0 bridgehead atoms. The first-order chi connectivity index (χ1) is 12.9. The second kappa shape index (κ2) is 10.1. The first-order valence-corrected chi connectivity index (χ1v) is 9.20. The third-order valence-electron chi connectivity index (χ3n) is 4.21. The van der Waals surface area contributed by atoms with Gasteiger partial charge in [-0.1, -0.05) is 49.7 Å². The number of amides is 2. The van der Waals surface area contributed by atoms with Gasteiger partial charge in [0.25, 0.3) is 5.91 Å². The fourth-order valence-corrected chi connectivity index (χ4v) is 2.81. The van der Waals surface area contributed by atoms with E-state index in [1.54, 1.807) is 31.4 Å². The van der Waals surface area contributed by atoms with Gasteiger partial charge in [0.1, 0.15) is 6.04 Å². The molecule has 2 aromatic rings. The summed E-state index contributed by atoms with van der Waals surface area (Å²) in [7, 11) is 1.64. The van der Waals surface area contributed by atoms with Crippen LogP contribution < -0.4 is 10.6 Å². The van der Waals surface area contributed by atoms with E-state index in [0.717, 1.165) is 11.1 Å². The maximum absolute atomic E-state index is 12.7. The number of carbonyl (C=O) groups is 2. The Morgan fingerprint density at radius 1 is 1.04 bits per heavy atom. The van der Waals surface area contributed by atoms with Crippen molar-refractivity contribution in [3.63, 3.8) is 0 Å². The molecule has 2 aromatic carbocycles. The smallest absolute Gasteiger partial charge is 0.251 e. The average molecular weight is 389 g/mol. The maximum atomic E-state index is 12.7. The molecule has 0 heterocycles. The molecule has 2 amide bonds. The van der Waals surface area contributed by atoms with Crippen molar-refractivity contribution in [3.05, 3.63) is 70.2 Å². The summed E-state index contributed by atoms with van der Waals surface area (Å²) < 4.78 is 5.19. The SMILES string of the molecule is COCc1ccccc1CNC(=O)C(NC(=O)c1ccc(Cl)cc1)C(C)C. The van der Waals surface area contributed by atoms with Crippen molar-refractivity contribution in [3.8, 4) is 0 Å². The molecule has 0 aromatic heterocycles. The molecule has 0 radical (unpaired) electrons. The third kappa shape index (κ3) is 6.08. The van der Waals surface area contributed by atoms with E-state index < -0.39 is 6.04 Å². The summed E-state index contributed by atoms with van der Waals surface area (Å²) in [5, 5.41) is 6.28. The summed E-state index contributed by atoms with van der Waals surface area (Å²) in [6.45, 7) is 4.64. The molecular formula is C21H25ClN2O3. The van der Waals surface area contributed by atoms with E-state index in [9.17, 15) is 9.59 Å². The van der Waals surface area contributed by atoms with Crippen molar-refractivity contribution in [2.24, 2.45) is 5.92 Å². The summed E-state index contributed by atoms with van der Waals surface area (Å²) in [6, 6.07) is 13.7.